The van der Waals surface area contributed by atoms with Gasteiger partial charge in [0.15, 0.2) is 0 Å². The molecule has 0 saturated carbocycles. The van der Waals surface area contributed by atoms with Gasteiger partial charge < -0.3 is 15.2 Å². The van der Waals surface area contributed by atoms with E-state index in [2.05, 4.69) is 24.1 Å². The molecule has 148 valence electrons. The summed E-state index contributed by atoms with van der Waals surface area (Å²) in [4.78, 5) is 15.8. The standard InChI is InChI=1S/C21H22N2O3.C2H6/c1-12(2)20-18(22-3)9-16(10-19(20)26-4)17-8-15-7-13(21(24)25)5-6-14(15)11-23-17;1-2/h5-12,22H,1-4H3,(H,24,25);1-2H3. The highest BCUT2D eigenvalue weighted by molar-refractivity contribution is 5.95. The molecule has 0 bridgehead atoms. The molecule has 0 aliphatic heterocycles. The molecule has 0 atom stereocenters. The summed E-state index contributed by atoms with van der Waals surface area (Å²) in [6.45, 7) is 8.25. The number of carbonyl (C=O) groups is 1. The zero-order valence-electron chi connectivity index (χ0n) is 17.3. The molecule has 0 amide bonds. The van der Waals surface area contributed by atoms with Gasteiger partial charge in [-0.1, -0.05) is 33.8 Å². The molecule has 0 aliphatic rings. The summed E-state index contributed by atoms with van der Waals surface area (Å²) >= 11 is 0. The molecular weight excluding hydrogens is 352 g/mol. The lowest BCUT2D eigenvalue weighted by Crippen LogP contribution is -2.02. The first-order valence-electron chi connectivity index (χ1n) is 9.47. The van der Waals surface area contributed by atoms with Crippen molar-refractivity contribution < 1.29 is 14.6 Å². The molecule has 1 heterocycles. The molecule has 0 unspecified atom stereocenters. The SMILES string of the molecule is CC.CNc1cc(-c2cc3cc(C(=O)O)ccc3cn2)cc(OC)c1C(C)C. The minimum Gasteiger partial charge on any atom is -0.496 e. The van der Waals surface area contributed by atoms with Gasteiger partial charge in [-0.15, -0.1) is 0 Å². The number of ether oxygens (including phenoxy) is 1. The van der Waals surface area contributed by atoms with Gasteiger partial charge in [-0.05, 0) is 41.6 Å². The lowest BCUT2D eigenvalue weighted by molar-refractivity contribution is 0.0697. The Bertz CT molecular complexity index is 956. The van der Waals surface area contributed by atoms with E-state index in [1.165, 1.54) is 0 Å². The van der Waals surface area contributed by atoms with E-state index in [1.807, 2.05) is 39.1 Å². The molecule has 0 aliphatic carbocycles. The minimum absolute atomic E-state index is 0.262. The predicted octanol–water partition coefficient (Wildman–Crippen LogP) is 5.80. The Labute approximate surface area is 166 Å². The van der Waals surface area contributed by atoms with E-state index in [0.29, 0.717) is 5.92 Å². The maximum absolute atomic E-state index is 11.2. The first-order chi connectivity index (χ1) is 13.4. The summed E-state index contributed by atoms with van der Waals surface area (Å²) in [6.07, 6.45) is 1.76. The van der Waals surface area contributed by atoms with E-state index in [4.69, 9.17) is 4.74 Å². The number of methoxy groups -OCH3 is 1. The third-order valence-electron chi connectivity index (χ3n) is 4.47. The fraction of sp³-hybridized carbons (Fsp3) is 0.304. The molecular formula is C23H28N2O3. The second-order valence-electron chi connectivity index (χ2n) is 6.48. The summed E-state index contributed by atoms with van der Waals surface area (Å²) < 4.78 is 5.60. The average molecular weight is 380 g/mol. The molecule has 0 radical (unpaired) electrons. The molecule has 0 fully saturated rings. The zero-order valence-corrected chi connectivity index (χ0v) is 17.3. The minimum atomic E-state index is -0.939. The maximum atomic E-state index is 11.2. The van der Waals surface area contributed by atoms with Crippen LogP contribution in [0.1, 0.15) is 49.5 Å². The number of aromatic carboxylic acids is 1. The molecule has 2 aromatic carbocycles. The Morgan fingerprint density at radius 2 is 1.82 bits per heavy atom. The van der Waals surface area contributed by atoms with Crippen LogP contribution < -0.4 is 10.1 Å². The quantitative estimate of drug-likeness (QED) is 0.585. The number of fused-ring (bicyclic) bond motifs is 1. The number of anilines is 1. The maximum Gasteiger partial charge on any atom is 0.335 e. The van der Waals surface area contributed by atoms with Gasteiger partial charge in [0.1, 0.15) is 5.75 Å². The number of hydrogen-bond acceptors (Lipinski definition) is 4. The van der Waals surface area contributed by atoms with Crippen LogP contribution in [-0.2, 0) is 0 Å². The van der Waals surface area contributed by atoms with Crippen LogP contribution in [0.4, 0.5) is 5.69 Å². The molecule has 5 heteroatoms. The van der Waals surface area contributed by atoms with Crippen molar-refractivity contribution in [3.63, 3.8) is 0 Å². The zero-order chi connectivity index (χ0) is 20.8. The van der Waals surface area contributed by atoms with Crippen LogP contribution in [-0.4, -0.2) is 30.2 Å². The van der Waals surface area contributed by atoms with Crippen LogP contribution in [0.5, 0.6) is 5.75 Å². The fourth-order valence-corrected chi connectivity index (χ4v) is 3.18. The van der Waals surface area contributed by atoms with Crippen LogP contribution in [0, 0.1) is 0 Å². The number of hydrogen-bond donors (Lipinski definition) is 2. The van der Waals surface area contributed by atoms with E-state index in [1.54, 1.807) is 31.5 Å². The van der Waals surface area contributed by atoms with Crippen molar-refractivity contribution in [1.29, 1.82) is 0 Å². The van der Waals surface area contributed by atoms with Crippen molar-refractivity contribution in [2.75, 3.05) is 19.5 Å². The average Bonchev–Trinajstić information content (AvgIpc) is 2.72. The van der Waals surface area contributed by atoms with E-state index >= 15 is 0 Å². The molecule has 3 aromatic rings. The highest BCUT2D eigenvalue weighted by Gasteiger charge is 2.16. The number of rotatable bonds is 5. The number of nitrogens with zero attached hydrogens (tertiary/aromatic N) is 1. The van der Waals surface area contributed by atoms with Crippen LogP contribution in [0.2, 0.25) is 0 Å². The van der Waals surface area contributed by atoms with Gasteiger partial charge >= 0.3 is 5.97 Å². The highest BCUT2D eigenvalue weighted by Crippen LogP contribution is 2.38. The molecule has 28 heavy (non-hydrogen) atoms. The van der Waals surface area contributed by atoms with Gasteiger partial charge in [0.25, 0.3) is 0 Å². The van der Waals surface area contributed by atoms with Gasteiger partial charge in [0.05, 0.1) is 18.4 Å². The Morgan fingerprint density at radius 1 is 1.11 bits per heavy atom. The molecule has 0 spiro atoms. The monoisotopic (exact) mass is 380 g/mol. The van der Waals surface area contributed by atoms with Gasteiger partial charge in [-0.3, -0.25) is 4.98 Å². The summed E-state index contributed by atoms with van der Waals surface area (Å²) in [5.41, 5.74) is 4.06. The largest absolute Gasteiger partial charge is 0.496 e. The number of carboxylic acids is 1. The normalized spacial score (nSPS) is 10.4. The van der Waals surface area contributed by atoms with Crippen LogP contribution in [0.15, 0.2) is 42.6 Å². The Balaban J connectivity index is 0.00000136. The van der Waals surface area contributed by atoms with Crippen molar-refractivity contribution in [3.8, 4) is 17.0 Å². The lowest BCUT2D eigenvalue weighted by Gasteiger charge is -2.18. The fourth-order valence-electron chi connectivity index (χ4n) is 3.18. The summed E-state index contributed by atoms with van der Waals surface area (Å²) in [6, 6.07) is 11.0. The topological polar surface area (TPSA) is 71.5 Å². The number of carboxylic acid groups (broad SMARTS) is 1. The van der Waals surface area contributed by atoms with E-state index in [-0.39, 0.29) is 5.56 Å². The molecule has 5 nitrogen and oxygen atoms in total. The Kier molecular flexibility index (Phi) is 6.99. The van der Waals surface area contributed by atoms with Gasteiger partial charge in [-0.2, -0.15) is 0 Å². The van der Waals surface area contributed by atoms with Crippen LogP contribution in [0.3, 0.4) is 0 Å². The predicted molar refractivity (Wildman–Crippen MR) is 116 cm³/mol. The van der Waals surface area contributed by atoms with Crippen molar-refractivity contribution in [2.24, 2.45) is 0 Å². The van der Waals surface area contributed by atoms with Gasteiger partial charge in [-0.25, -0.2) is 4.79 Å². The second-order valence-corrected chi connectivity index (χ2v) is 6.48. The van der Waals surface area contributed by atoms with E-state index in [0.717, 1.165) is 39.0 Å². The van der Waals surface area contributed by atoms with Crippen molar-refractivity contribution in [1.82, 2.24) is 4.98 Å². The number of benzene rings is 2. The second kappa shape index (κ2) is 9.22. The smallest absolute Gasteiger partial charge is 0.335 e. The first kappa shape index (κ1) is 21.2. The van der Waals surface area contributed by atoms with E-state index < -0.39 is 5.97 Å². The summed E-state index contributed by atoms with van der Waals surface area (Å²) in [7, 11) is 3.55. The van der Waals surface area contributed by atoms with E-state index in [9.17, 15) is 9.90 Å². The molecule has 1 aromatic heterocycles. The first-order valence-corrected chi connectivity index (χ1v) is 9.47. The highest BCUT2D eigenvalue weighted by atomic mass is 16.5. The van der Waals surface area contributed by atoms with Gasteiger partial charge in [0.2, 0.25) is 0 Å². The van der Waals surface area contributed by atoms with Crippen molar-refractivity contribution in [2.45, 2.75) is 33.6 Å². The van der Waals surface area contributed by atoms with Crippen molar-refractivity contribution >= 4 is 22.4 Å². The molecule has 3 rings (SSSR count). The van der Waals surface area contributed by atoms with Crippen molar-refractivity contribution in [3.05, 3.63) is 53.7 Å². The number of pyridine rings is 1. The van der Waals surface area contributed by atoms with Crippen LogP contribution >= 0.6 is 0 Å². The van der Waals surface area contributed by atoms with Crippen LogP contribution in [0.25, 0.3) is 22.0 Å². The summed E-state index contributed by atoms with van der Waals surface area (Å²) in [5, 5.41) is 14.2. The molecule has 2 N–H and O–H groups in total. The lowest BCUT2D eigenvalue weighted by atomic mass is 9.96. The summed E-state index contributed by atoms with van der Waals surface area (Å²) in [5.74, 6) is 0.179. The Hall–Kier alpha value is -3.08. The Morgan fingerprint density at radius 3 is 2.39 bits per heavy atom. The number of nitrogens with one attached hydrogen (secondary N) is 1. The third-order valence-corrected chi connectivity index (χ3v) is 4.47. The molecule has 0 saturated heterocycles. The third kappa shape index (κ3) is 4.25. The number of aromatic nitrogens is 1. The van der Waals surface area contributed by atoms with Gasteiger partial charge in [0, 0.05) is 35.4 Å².